The summed E-state index contributed by atoms with van der Waals surface area (Å²) in [4.78, 5) is 25.6. The number of H-pyrrole nitrogens is 1. The number of halogens is 1. The van der Waals surface area contributed by atoms with E-state index in [4.69, 9.17) is 16.3 Å². The van der Waals surface area contributed by atoms with Crippen LogP contribution in [-0.4, -0.2) is 27.7 Å². The number of nitrogens with one attached hydrogen (secondary N) is 1. The number of aromatic amines is 1. The third kappa shape index (κ3) is 5.93. The number of nitrogens with zero attached hydrogens (tertiary/aromatic N) is 2. The number of carbonyl (C=O) groups is 1. The van der Waals surface area contributed by atoms with Crippen LogP contribution >= 0.6 is 11.6 Å². The molecule has 3 atom stereocenters. The molecule has 0 radical (unpaired) electrons. The average molecular weight is 554 g/mol. The van der Waals surface area contributed by atoms with Crippen LogP contribution in [0.25, 0.3) is 10.9 Å². The molecule has 204 valence electrons. The van der Waals surface area contributed by atoms with Crippen LogP contribution in [0.4, 0.5) is 0 Å². The molecule has 0 spiro atoms. The number of Topliss-reactive ketones (excluding diaryl/α,β-unsaturated/α-hetero) is 1. The Labute approximate surface area is 238 Å². The first-order valence-electron chi connectivity index (χ1n) is 13.4. The molecular formula is C33H32ClN3O3. The van der Waals surface area contributed by atoms with Crippen LogP contribution in [0, 0.1) is 11.8 Å². The van der Waals surface area contributed by atoms with E-state index in [2.05, 4.69) is 17.1 Å². The number of hydrogen-bond acceptors (Lipinski definition) is 4. The van der Waals surface area contributed by atoms with E-state index in [1.807, 2.05) is 79.7 Å². The zero-order valence-corrected chi connectivity index (χ0v) is 23.6. The van der Waals surface area contributed by atoms with Crippen molar-refractivity contribution >= 4 is 28.3 Å². The first kappa shape index (κ1) is 27.6. The molecule has 3 aromatic carbocycles. The molecule has 2 heterocycles. The number of ketones is 1. The van der Waals surface area contributed by atoms with Crippen LogP contribution in [0.5, 0.6) is 0 Å². The van der Waals surface area contributed by atoms with Gasteiger partial charge in [-0.2, -0.15) is 5.10 Å². The van der Waals surface area contributed by atoms with Crippen LogP contribution in [-0.2, 0) is 17.7 Å². The van der Waals surface area contributed by atoms with Gasteiger partial charge in [0.25, 0.3) is 5.56 Å². The van der Waals surface area contributed by atoms with Gasteiger partial charge in [-0.1, -0.05) is 74.0 Å². The zero-order chi connectivity index (χ0) is 28.2. The van der Waals surface area contributed by atoms with Crippen molar-refractivity contribution in [3.8, 4) is 0 Å². The standard InChI is InChI=1S/C33H32ClN3O3/c1-21(17-30-28-19-27(34)14-15-29(28)35-36-30)22(2)32(39)25-7-6-8-26(18-25)33(40-3)24-12-10-23(11-13-24)20-37-16-5-4-9-31(37)38/h4-16,18-19,21-22,33H,17,20H2,1-3H3,(H,35,36). The van der Waals surface area contributed by atoms with Crippen molar-refractivity contribution in [2.75, 3.05) is 7.11 Å². The lowest BCUT2D eigenvalue weighted by atomic mass is 9.84. The molecule has 40 heavy (non-hydrogen) atoms. The summed E-state index contributed by atoms with van der Waals surface area (Å²) >= 11 is 6.20. The fourth-order valence-electron chi connectivity index (χ4n) is 5.12. The Balaban J connectivity index is 1.30. The highest BCUT2D eigenvalue weighted by molar-refractivity contribution is 6.31. The molecule has 0 aliphatic rings. The van der Waals surface area contributed by atoms with E-state index < -0.39 is 0 Å². The van der Waals surface area contributed by atoms with E-state index in [1.54, 1.807) is 30.0 Å². The van der Waals surface area contributed by atoms with Crippen LogP contribution in [0.2, 0.25) is 5.02 Å². The number of pyridine rings is 1. The lowest BCUT2D eigenvalue weighted by molar-refractivity contribution is 0.0892. The second-order valence-corrected chi connectivity index (χ2v) is 10.8. The van der Waals surface area contributed by atoms with Crippen molar-refractivity contribution in [1.29, 1.82) is 0 Å². The van der Waals surface area contributed by atoms with E-state index in [0.717, 1.165) is 33.3 Å². The van der Waals surface area contributed by atoms with Crippen LogP contribution in [0.3, 0.4) is 0 Å². The fourth-order valence-corrected chi connectivity index (χ4v) is 5.29. The van der Waals surface area contributed by atoms with Gasteiger partial charge in [-0.3, -0.25) is 14.7 Å². The molecule has 0 aliphatic heterocycles. The first-order chi connectivity index (χ1) is 19.3. The van der Waals surface area contributed by atoms with Gasteiger partial charge in [0, 0.05) is 47.0 Å². The van der Waals surface area contributed by atoms with Gasteiger partial charge in [0.1, 0.15) is 6.10 Å². The molecule has 2 aromatic heterocycles. The van der Waals surface area contributed by atoms with Crippen molar-refractivity contribution < 1.29 is 9.53 Å². The van der Waals surface area contributed by atoms with Gasteiger partial charge >= 0.3 is 0 Å². The maximum absolute atomic E-state index is 13.6. The summed E-state index contributed by atoms with van der Waals surface area (Å²) in [7, 11) is 1.67. The van der Waals surface area contributed by atoms with Gasteiger partial charge in [-0.25, -0.2) is 0 Å². The van der Waals surface area contributed by atoms with Crippen molar-refractivity contribution in [3.05, 3.63) is 134 Å². The van der Waals surface area contributed by atoms with Crippen LogP contribution < -0.4 is 5.56 Å². The second-order valence-electron chi connectivity index (χ2n) is 10.3. The van der Waals surface area contributed by atoms with Crippen molar-refractivity contribution in [3.63, 3.8) is 0 Å². The molecule has 5 rings (SSSR count). The van der Waals surface area contributed by atoms with E-state index >= 15 is 0 Å². The number of benzene rings is 3. The number of aromatic nitrogens is 3. The average Bonchev–Trinajstić information content (AvgIpc) is 3.36. The second kappa shape index (κ2) is 12.0. The summed E-state index contributed by atoms with van der Waals surface area (Å²) in [5, 5.41) is 9.15. The largest absolute Gasteiger partial charge is 0.372 e. The maximum atomic E-state index is 13.6. The van der Waals surface area contributed by atoms with Gasteiger partial charge < -0.3 is 9.30 Å². The lowest BCUT2D eigenvalue weighted by Gasteiger charge is -2.21. The minimum atomic E-state index is -0.324. The number of ether oxygens (including phenoxy) is 1. The van der Waals surface area contributed by atoms with E-state index in [1.165, 1.54) is 0 Å². The number of fused-ring (bicyclic) bond motifs is 1. The van der Waals surface area contributed by atoms with Crippen molar-refractivity contribution in [2.24, 2.45) is 11.8 Å². The topological polar surface area (TPSA) is 77.0 Å². The highest BCUT2D eigenvalue weighted by Gasteiger charge is 2.24. The summed E-state index contributed by atoms with van der Waals surface area (Å²) in [6.07, 6.45) is 2.15. The maximum Gasteiger partial charge on any atom is 0.250 e. The van der Waals surface area contributed by atoms with Crippen LogP contribution in [0.1, 0.15) is 52.7 Å². The summed E-state index contributed by atoms with van der Waals surface area (Å²) in [6.45, 7) is 4.57. The Morgan fingerprint density at radius 2 is 1.77 bits per heavy atom. The van der Waals surface area contributed by atoms with Crippen LogP contribution in [0.15, 0.2) is 95.9 Å². The molecule has 0 aliphatic carbocycles. The predicted molar refractivity (Wildman–Crippen MR) is 159 cm³/mol. The highest BCUT2D eigenvalue weighted by Crippen LogP contribution is 2.29. The lowest BCUT2D eigenvalue weighted by Crippen LogP contribution is -2.21. The van der Waals surface area contributed by atoms with E-state index in [0.29, 0.717) is 23.6 Å². The van der Waals surface area contributed by atoms with Gasteiger partial charge in [-0.05, 0) is 59.4 Å². The van der Waals surface area contributed by atoms with Crippen molar-refractivity contribution in [1.82, 2.24) is 14.8 Å². The van der Waals surface area contributed by atoms with Gasteiger partial charge in [-0.15, -0.1) is 0 Å². The zero-order valence-electron chi connectivity index (χ0n) is 22.8. The smallest absolute Gasteiger partial charge is 0.250 e. The highest BCUT2D eigenvalue weighted by atomic mass is 35.5. The molecule has 0 amide bonds. The van der Waals surface area contributed by atoms with E-state index in [9.17, 15) is 9.59 Å². The van der Waals surface area contributed by atoms with E-state index in [-0.39, 0.29) is 29.3 Å². The molecule has 5 aromatic rings. The Hall–Kier alpha value is -4.00. The first-order valence-corrected chi connectivity index (χ1v) is 13.8. The SMILES string of the molecule is COC(c1ccc(Cn2ccccc2=O)cc1)c1cccc(C(=O)C(C)C(C)Cc2[nH]nc3ccc(Cl)cc23)c1. The van der Waals surface area contributed by atoms with Gasteiger partial charge in [0.2, 0.25) is 0 Å². The molecule has 1 N–H and O–H groups in total. The minimum Gasteiger partial charge on any atom is -0.372 e. The Morgan fingerprint density at radius 3 is 2.52 bits per heavy atom. The Bertz CT molecular complexity index is 1690. The number of hydrogen-bond donors (Lipinski definition) is 1. The summed E-state index contributed by atoms with van der Waals surface area (Å²) in [5.74, 6) is -0.0224. The normalized spacial score (nSPS) is 13.7. The predicted octanol–water partition coefficient (Wildman–Crippen LogP) is 6.86. The number of methoxy groups -OCH3 is 1. The molecular weight excluding hydrogens is 522 g/mol. The molecule has 6 nitrogen and oxygen atoms in total. The molecule has 7 heteroatoms. The van der Waals surface area contributed by atoms with Gasteiger partial charge in [0.15, 0.2) is 5.78 Å². The molecule has 0 saturated heterocycles. The Morgan fingerprint density at radius 1 is 0.975 bits per heavy atom. The van der Waals surface area contributed by atoms with Gasteiger partial charge in [0.05, 0.1) is 12.1 Å². The minimum absolute atomic E-state index is 0.0336. The summed E-state index contributed by atoms with van der Waals surface area (Å²) < 4.78 is 7.55. The molecule has 0 saturated carbocycles. The molecule has 0 bridgehead atoms. The Kier molecular flexibility index (Phi) is 8.29. The molecule has 3 unspecified atom stereocenters. The quantitative estimate of drug-likeness (QED) is 0.192. The van der Waals surface area contributed by atoms with Crippen molar-refractivity contribution in [2.45, 2.75) is 32.9 Å². The number of carbonyl (C=O) groups excluding carboxylic acids is 1. The molecule has 0 fully saturated rings. The fraction of sp³-hybridized carbons (Fsp3) is 0.242. The summed E-state index contributed by atoms with van der Waals surface area (Å²) in [6, 6.07) is 26.5. The number of rotatable bonds is 10. The third-order valence-electron chi connectivity index (χ3n) is 7.63. The summed E-state index contributed by atoms with van der Waals surface area (Å²) in [5.41, 5.74) is 5.39. The third-order valence-corrected chi connectivity index (χ3v) is 7.87. The monoisotopic (exact) mass is 553 g/mol.